The zero-order valence-electron chi connectivity index (χ0n) is 23.6. The van der Waals surface area contributed by atoms with Gasteiger partial charge in [-0.2, -0.15) is 4.98 Å². The van der Waals surface area contributed by atoms with Crippen LogP contribution in [-0.4, -0.2) is 71.2 Å². The van der Waals surface area contributed by atoms with E-state index in [1.54, 1.807) is 6.07 Å². The molecular formula is C28H34F2N8O3. The van der Waals surface area contributed by atoms with Crippen molar-refractivity contribution in [3.8, 4) is 5.75 Å². The third-order valence-electron chi connectivity index (χ3n) is 6.57. The number of carbonyl (C=O) groups is 1. The van der Waals surface area contributed by atoms with E-state index in [9.17, 15) is 18.7 Å². The average molecular weight is 569 g/mol. The molecule has 11 nitrogen and oxygen atoms in total. The number of carbonyl (C=O) groups excluding carboxylic acids is 1. The zero-order valence-corrected chi connectivity index (χ0v) is 23.6. The first kappa shape index (κ1) is 29.6. The Morgan fingerprint density at radius 3 is 2.37 bits per heavy atom. The van der Waals surface area contributed by atoms with E-state index in [-0.39, 0.29) is 35.1 Å². The molecule has 4 N–H and O–H groups in total. The number of amides is 1. The van der Waals surface area contributed by atoms with Crippen LogP contribution in [0.5, 0.6) is 5.75 Å². The van der Waals surface area contributed by atoms with Crippen molar-refractivity contribution in [3.05, 3.63) is 60.4 Å². The van der Waals surface area contributed by atoms with Gasteiger partial charge in [0.2, 0.25) is 17.8 Å². The minimum absolute atomic E-state index is 0.0156. The van der Waals surface area contributed by atoms with Crippen LogP contribution < -0.4 is 25.6 Å². The summed E-state index contributed by atoms with van der Waals surface area (Å²) in [7, 11) is 5.56. The Bertz CT molecular complexity index is 1440. The molecule has 0 saturated carbocycles. The lowest BCUT2D eigenvalue weighted by Crippen LogP contribution is -2.53. The van der Waals surface area contributed by atoms with E-state index in [0.29, 0.717) is 17.1 Å². The van der Waals surface area contributed by atoms with E-state index in [0.717, 1.165) is 37.3 Å². The fraction of sp³-hybridized carbons (Fsp3) is 0.357. The number of ether oxygens (including phenoxy) is 1. The number of nitrogens with zero attached hydrogens (tertiary/aromatic N) is 5. The van der Waals surface area contributed by atoms with Gasteiger partial charge in [-0.05, 0) is 52.6 Å². The van der Waals surface area contributed by atoms with Crippen LogP contribution in [0.4, 0.5) is 43.4 Å². The molecule has 218 valence electrons. The lowest BCUT2D eigenvalue weighted by Gasteiger charge is -2.45. The molecule has 2 aromatic carbocycles. The van der Waals surface area contributed by atoms with Crippen molar-refractivity contribution in [1.29, 1.82) is 0 Å². The standard InChI is InChI=1S/C28H34F2N8O3/c1-7-25(39)33-21-12-22(24(41-6)13-23(21)38-9-8-16(38)14-37(4)5)35-27-32-15-31-26(36-27)34-20-11-19(30)18(29)10-17(20)28(2,3)40/h7,10-13,15-16,40H,1,8-9,14H2,2-6H3,(H,33,39)(H2,31,32,34,35,36). The molecule has 0 radical (unpaired) electrons. The summed E-state index contributed by atoms with van der Waals surface area (Å²) in [5.74, 6) is -1.95. The van der Waals surface area contributed by atoms with Gasteiger partial charge in [-0.3, -0.25) is 4.79 Å². The summed E-state index contributed by atoms with van der Waals surface area (Å²) in [5.41, 5.74) is 0.537. The summed E-state index contributed by atoms with van der Waals surface area (Å²) >= 11 is 0. The minimum Gasteiger partial charge on any atom is -0.494 e. The van der Waals surface area contributed by atoms with E-state index < -0.39 is 17.2 Å². The Hall–Kier alpha value is -4.36. The van der Waals surface area contributed by atoms with Gasteiger partial charge in [-0.1, -0.05) is 6.58 Å². The van der Waals surface area contributed by atoms with E-state index >= 15 is 0 Å². The van der Waals surface area contributed by atoms with Crippen molar-refractivity contribution in [1.82, 2.24) is 19.9 Å². The Morgan fingerprint density at radius 1 is 1.15 bits per heavy atom. The number of nitrogens with one attached hydrogen (secondary N) is 3. The van der Waals surface area contributed by atoms with Gasteiger partial charge in [-0.15, -0.1) is 0 Å². The highest BCUT2D eigenvalue weighted by Crippen LogP contribution is 2.41. The maximum absolute atomic E-state index is 14.0. The Labute approximate surface area is 237 Å². The maximum atomic E-state index is 14.0. The molecule has 3 aromatic rings. The van der Waals surface area contributed by atoms with Gasteiger partial charge >= 0.3 is 0 Å². The third-order valence-corrected chi connectivity index (χ3v) is 6.57. The van der Waals surface area contributed by atoms with Crippen molar-refractivity contribution >= 4 is 40.6 Å². The number of anilines is 6. The quantitative estimate of drug-likeness (QED) is 0.251. The Kier molecular flexibility index (Phi) is 8.69. The topological polar surface area (TPSA) is 128 Å². The van der Waals surface area contributed by atoms with E-state index in [1.165, 1.54) is 33.4 Å². The molecular weight excluding hydrogens is 534 g/mol. The number of halogens is 2. The highest BCUT2D eigenvalue weighted by Gasteiger charge is 2.31. The van der Waals surface area contributed by atoms with Crippen molar-refractivity contribution in [2.45, 2.75) is 31.9 Å². The summed E-state index contributed by atoms with van der Waals surface area (Å²) in [5, 5.41) is 19.2. The molecule has 0 bridgehead atoms. The highest BCUT2D eigenvalue weighted by atomic mass is 19.2. The van der Waals surface area contributed by atoms with Gasteiger partial charge in [-0.25, -0.2) is 18.7 Å². The number of hydrogen-bond donors (Lipinski definition) is 4. The molecule has 0 spiro atoms. The fourth-order valence-electron chi connectivity index (χ4n) is 4.54. The summed E-state index contributed by atoms with van der Waals surface area (Å²) in [6, 6.07) is 5.68. The first-order valence-corrected chi connectivity index (χ1v) is 12.9. The van der Waals surface area contributed by atoms with Crippen LogP contribution in [0.1, 0.15) is 25.8 Å². The molecule has 1 fully saturated rings. The highest BCUT2D eigenvalue weighted by molar-refractivity contribution is 6.02. The third kappa shape index (κ3) is 6.87. The second-order valence-electron chi connectivity index (χ2n) is 10.4. The number of benzene rings is 2. The van der Waals surface area contributed by atoms with E-state index in [4.69, 9.17) is 4.74 Å². The van der Waals surface area contributed by atoms with Crippen LogP contribution in [0.2, 0.25) is 0 Å². The molecule has 1 atom stereocenters. The summed E-state index contributed by atoms with van der Waals surface area (Å²) in [4.78, 5) is 29.2. The molecule has 4 rings (SSSR count). The smallest absolute Gasteiger partial charge is 0.247 e. The average Bonchev–Trinajstić information content (AvgIpc) is 2.89. The van der Waals surface area contributed by atoms with E-state index in [1.807, 2.05) is 20.2 Å². The molecule has 1 aromatic heterocycles. The van der Waals surface area contributed by atoms with Gasteiger partial charge < -0.3 is 35.6 Å². The van der Waals surface area contributed by atoms with Crippen molar-refractivity contribution < 1.29 is 23.4 Å². The Morgan fingerprint density at radius 2 is 1.80 bits per heavy atom. The van der Waals surface area contributed by atoms with Crippen molar-refractivity contribution in [3.63, 3.8) is 0 Å². The first-order chi connectivity index (χ1) is 19.4. The van der Waals surface area contributed by atoms with Gasteiger partial charge in [0.25, 0.3) is 0 Å². The van der Waals surface area contributed by atoms with Crippen LogP contribution in [-0.2, 0) is 10.4 Å². The van der Waals surface area contributed by atoms with Gasteiger partial charge in [0.15, 0.2) is 11.6 Å². The monoisotopic (exact) mass is 568 g/mol. The van der Waals surface area contributed by atoms with Gasteiger partial charge in [0.1, 0.15) is 12.1 Å². The number of hydrogen-bond acceptors (Lipinski definition) is 10. The zero-order chi connectivity index (χ0) is 29.9. The van der Waals surface area contributed by atoms with Gasteiger partial charge in [0, 0.05) is 36.8 Å². The second-order valence-corrected chi connectivity index (χ2v) is 10.4. The maximum Gasteiger partial charge on any atom is 0.247 e. The predicted molar refractivity (Wildman–Crippen MR) is 154 cm³/mol. The molecule has 41 heavy (non-hydrogen) atoms. The number of aromatic nitrogens is 3. The van der Waals surface area contributed by atoms with Crippen LogP contribution >= 0.6 is 0 Å². The molecule has 1 unspecified atom stereocenters. The molecule has 2 heterocycles. The normalized spacial score (nSPS) is 14.9. The summed E-state index contributed by atoms with van der Waals surface area (Å²) in [6.07, 6.45) is 3.44. The van der Waals surface area contributed by atoms with Crippen LogP contribution in [0, 0.1) is 11.6 Å². The summed E-state index contributed by atoms with van der Waals surface area (Å²) < 4.78 is 33.6. The Balaban J connectivity index is 1.66. The SMILES string of the molecule is C=CC(=O)Nc1cc(Nc2ncnc(Nc3cc(F)c(F)cc3C(C)(C)O)n2)c(OC)cc1N1CCC1CN(C)C. The number of aliphatic hydroxyl groups is 1. The lowest BCUT2D eigenvalue weighted by molar-refractivity contribution is -0.111. The molecule has 13 heteroatoms. The first-order valence-electron chi connectivity index (χ1n) is 12.9. The number of methoxy groups -OCH3 is 1. The predicted octanol–water partition coefficient (Wildman–Crippen LogP) is 4.14. The molecule has 1 amide bonds. The molecule has 0 aliphatic carbocycles. The van der Waals surface area contributed by atoms with Crippen molar-refractivity contribution in [2.24, 2.45) is 0 Å². The van der Waals surface area contributed by atoms with Crippen LogP contribution in [0.3, 0.4) is 0 Å². The second kappa shape index (κ2) is 12.0. The largest absolute Gasteiger partial charge is 0.494 e. The van der Waals surface area contributed by atoms with Crippen molar-refractivity contribution in [2.75, 3.05) is 55.1 Å². The lowest BCUT2D eigenvalue weighted by atomic mass is 9.96. The molecule has 1 aliphatic rings. The molecule has 1 aliphatic heterocycles. The van der Waals surface area contributed by atoms with Crippen LogP contribution in [0.15, 0.2) is 43.2 Å². The van der Waals surface area contributed by atoms with Gasteiger partial charge in [0.05, 0.1) is 35.5 Å². The summed E-state index contributed by atoms with van der Waals surface area (Å²) in [6.45, 7) is 8.13. The number of likely N-dealkylation sites (N-methyl/N-ethyl adjacent to an activating group) is 1. The molecule has 1 saturated heterocycles. The number of rotatable bonds is 11. The van der Waals surface area contributed by atoms with Crippen LogP contribution in [0.25, 0.3) is 0 Å². The minimum atomic E-state index is -1.48. The van der Waals surface area contributed by atoms with E-state index in [2.05, 4.69) is 47.3 Å². The fourth-order valence-corrected chi connectivity index (χ4v) is 4.54.